The summed E-state index contributed by atoms with van der Waals surface area (Å²) in [6, 6.07) is 12.8. The fourth-order valence-electron chi connectivity index (χ4n) is 2.16. The first-order valence-electron chi connectivity index (χ1n) is 8.26. The number of carbonyl (C=O) groups is 2. The van der Waals surface area contributed by atoms with Gasteiger partial charge in [0, 0.05) is 17.8 Å². The lowest BCUT2D eigenvalue weighted by Gasteiger charge is -2.09. The van der Waals surface area contributed by atoms with E-state index in [0.717, 1.165) is 12.8 Å². The van der Waals surface area contributed by atoms with E-state index in [0.29, 0.717) is 17.8 Å². The molecule has 0 heterocycles. The highest BCUT2D eigenvalue weighted by Gasteiger charge is 2.07. The van der Waals surface area contributed by atoms with Gasteiger partial charge in [0.2, 0.25) is 5.91 Å². The zero-order valence-corrected chi connectivity index (χ0v) is 14.1. The fourth-order valence-corrected chi connectivity index (χ4v) is 2.16. The van der Waals surface area contributed by atoms with Gasteiger partial charge in [-0.05, 0) is 42.8 Å². The largest absolute Gasteiger partial charge is 0.376 e. The molecule has 0 fully saturated rings. The molecular formula is C19H22FN3O2. The second-order valence-corrected chi connectivity index (χ2v) is 5.57. The van der Waals surface area contributed by atoms with Gasteiger partial charge in [-0.3, -0.25) is 9.59 Å². The Bertz CT molecular complexity index is 717. The van der Waals surface area contributed by atoms with Crippen molar-refractivity contribution in [1.82, 2.24) is 5.32 Å². The number of unbranched alkanes of at least 4 members (excludes halogenated alkanes) is 1. The molecule has 0 atom stereocenters. The van der Waals surface area contributed by atoms with E-state index in [4.69, 9.17) is 0 Å². The summed E-state index contributed by atoms with van der Waals surface area (Å²) in [6.07, 6.45) is 1.97. The number of benzene rings is 2. The summed E-state index contributed by atoms with van der Waals surface area (Å²) >= 11 is 0. The first-order valence-corrected chi connectivity index (χ1v) is 8.26. The minimum absolute atomic E-state index is 0.00359. The third-order valence-corrected chi connectivity index (χ3v) is 3.56. The Hall–Kier alpha value is -2.89. The number of nitrogens with one attached hydrogen (secondary N) is 3. The molecule has 5 nitrogen and oxygen atoms in total. The molecule has 2 aromatic rings. The molecule has 0 bridgehead atoms. The van der Waals surface area contributed by atoms with Crippen molar-refractivity contribution in [2.45, 2.75) is 19.8 Å². The summed E-state index contributed by atoms with van der Waals surface area (Å²) in [5.41, 5.74) is 1.42. The Morgan fingerprint density at radius 3 is 2.44 bits per heavy atom. The molecule has 0 spiro atoms. The molecule has 2 rings (SSSR count). The predicted molar refractivity (Wildman–Crippen MR) is 97.2 cm³/mol. The zero-order chi connectivity index (χ0) is 18.1. The summed E-state index contributed by atoms with van der Waals surface area (Å²) in [6.45, 7) is 2.72. The first-order chi connectivity index (χ1) is 12.1. The van der Waals surface area contributed by atoms with Crippen LogP contribution in [0.5, 0.6) is 0 Å². The maximum atomic E-state index is 13.5. The van der Waals surface area contributed by atoms with Crippen LogP contribution in [-0.2, 0) is 4.79 Å². The summed E-state index contributed by atoms with van der Waals surface area (Å²) in [4.78, 5) is 23.8. The van der Waals surface area contributed by atoms with E-state index in [9.17, 15) is 14.0 Å². The smallest absolute Gasteiger partial charge is 0.251 e. The SMILES string of the molecule is CCCCNC(=O)c1ccc(NCC(=O)Nc2ccccc2F)cc1. The van der Waals surface area contributed by atoms with E-state index in [-0.39, 0.29) is 24.0 Å². The van der Waals surface area contributed by atoms with Crippen LogP contribution in [0.3, 0.4) is 0 Å². The van der Waals surface area contributed by atoms with Crippen LogP contribution in [0.25, 0.3) is 0 Å². The standard InChI is InChI=1S/C19H22FN3O2/c1-2-3-12-21-19(25)14-8-10-15(11-9-14)22-13-18(24)23-17-7-5-4-6-16(17)20/h4-11,22H,2-3,12-13H2,1H3,(H,21,25)(H,23,24). The van der Waals surface area contributed by atoms with E-state index in [1.54, 1.807) is 36.4 Å². The van der Waals surface area contributed by atoms with Gasteiger partial charge in [-0.1, -0.05) is 25.5 Å². The van der Waals surface area contributed by atoms with Gasteiger partial charge >= 0.3 is 0 Å². The van der Waals surface area contributed by atoms with E-state index >= 15 is 0 Å². The molecule has 2 aromatic carbocycles. The molecule has 0 saturated heterocycles. The van der Waals surface area contributed by atoms with E-state index in [2.05, 4.69) is 22.9 Å². The third kappa shape index (κ3) is 5.91. The van der Waals surface area contributed by atoms with Crippen LogP contribution in [0.2, 0.25) is 0 Å². The fraction of sp³-hybridized carbons (Fsp3) is 0.263. The molecule has 0 radical (unpaired) electrons. The van der Waals surface area contributed by atoms with Crippen molar-refractivity contribution >= 4 is 23.2 Å². The van der Waals surface area contributed by atoms with Gasteiger partial charge in [-0.15, -0.1) is 0 Å². The van der Waals surface area contributed by atoms with E-state index in [1.165, 1.54) is 12.1 Å². The lowest BCUT2D eigenvalue weighted by atomic mass is 10.2. The predicted octanol–water partition coefficient (Wildman–Crippen LogP) is 3.41. The minimum atomic E-state index is -0.478. The number of amides is 2. The van der Waals surface area contributed by atoms with E-state index in [1.807, 2.05) is 0 Å². The van der Waals surface area contributed by atoms with Gasteiger partial charge in [0.1, 0.15) is 5.82 Å². The average molecular weight is 343 g/mol. The number of hydrogen-bond acceptors (Lipinski definition) is 3. The molecule has 0 saturated carbocycles. The maximum absolute atomic E-state index is 13.5. The van der Waals surface area contributed by atoms with Gasteiger partial charge in [0.05, 0.1) is 12.2 Å². The van der Waals surface area contributed by atoms with Crippen molar-refractivity contribution < 1.29 is 14.0 Å². The highest BCUT2D eigenvalue weighted by molar-refractivity contribution is 5.95. The number of halogens is 1. The van der Waals surface area contributed by atoms with Crippen LogP contribution in [0.4, 0.5) is 15.8 Å². The van der Waals surface area contributed by atoms with E-state index < -0.39 is 5.82 Å². The van der Waals surface area contributed by atoms with Gasteiger partial charge < -0.3 is 16.0 Å². The normalized spacial score (nSPS) is 10.2. The minimum Gasteiger partial charge on any atom is -0.376 e. The molecule has 6 heteroatoms. The van der Waals surface area contributed by atoms with Crippen molar-refractivity contribution in [1.29, 1.82) is 0 Å². The van der Waals surface area contributed by atoms with Gasteiger partial charge in [-0.25, -0.2) is 4.39 Å². The molecule has 2 amide bonds. The first kappa shape index (κ1) is 18.4. The second-order valence-electron chi connectivity index (χ2n) is 5.57. The lowest BCUT2D eigenvalue weighted by molar-refractivity contribution is -0.114. The van der Waals surface area contributed by atoms with Crippen molar-refractivity contribution in [3.8, 4) is 0 Å². The van der Waals surface area contributed by atoms with Gasteiger partial charge in [0.25, 0.3) is 5.91 Å². The molecule has 132 valence electrons. The number of anilines is 2. The molecule has 0 aliphatic heterocycles. The van der Waals surface area contributed by atoms with Crippen molar-refractivity contribution in [3.05, 3.63) is 59.9 Å². The quantitative estimate of drug-likeness (QED) is 0.643. The van der Waals surface area contributed by atoms with Crippen molar-refractivity contribution in [3.63, 3.8) is 0 Å². The Kier molecular flexibility index (Phi) is 6.95. The summed E-state index contributed by atoms with van der Waals surface area (Å²) in [5, 5.41) is 8.28. The number of carbonyl (C=O) groups excluding carboxylic acids is 2. The lowest BCUT2D eigenvalue weighted by Crippen LogP contribution is -2.24. The number of para-hydroxylation sites is 1. The molecule has 0 unspecified atom stereocenters. The molecule has 0 aliphatic rings. The average Bonchev–Trinajstić information content (AvgIpc) is 2.62. The number of rotatable bonds is 8. The summed E-state index contributed by atoms with van der Waals surface area (Å²) in [5.74, 6) is -0.946. The van der Waals surface area contributed by atoms with Crippen molar-refractivity contribution in [2.75, 3.05) is 23.7 Å². The Morgan fingerprint density at radius 1 is 1.04 bits per heavy atom. The van der Waals surface area contributed by atoms with Crippen LogP contribution in [0.1, 0.15) is 30.1 Å². The second kappa shape index (κ2) is 9.42. The van der Waals surface area contributed by atoms with Crippen LogP contribution in [0, 0.1) is 5.82 Å². The zero-order valence-electron chi connectivity index (χ0n) is 14.1. The third-order valence-electron chi connectivity index (χ3n) is 3.56. The Balaban J connectivity index is 1.82. The van der Waals surface area contributed by atoms with Crippen LogP contribution in [0.15, 0.2) is 48.5 Å². The molecule has 25 heavy (non-hydrogen) atoms. The Morgan fingerprint density at radius 2 is 1.76 bits per heavy atom. The Labute approximate surface area is 146 Å². The van der Waals surface area contributed by atoms with Crippen LogP contribution in [-0.4, -0.2) is 24.9 Å². The van der Waals surface area contributed by atoms with Crippen molar-refractivity contribution in [2.24, 2.45) is 0 Å². The van der Waals surface area contributed by atoms with Gasteiger partial charge in [0.15, 0.2) is 0 Å². The molecule has 0 aromatic heterocycles. The highest BCUT2D eigenvalue weighted by Crippen LogP contribution is 2.13. The van der Waals surface area contributed by atoms with Crippen LogP contribution < -0.4 is 16.0 Å². The molecular weight excluding hydrogens is 321 g/mol. The molecule has 3 N–H and O–H groups in total. The summed E-state index contributed by atoms with van der Waals surface area (Å²) in [7, 11) is 0. The molecule has 0 aliphatic carbocycles. The number of hydrogen-bond donors (Lipinski definition) is 3. The van der Waals surface area contributed by atoms with Crippen LogP contribution >= 0.6 is 0 Å². The monoisotopic (exact) mass is 343 g/mol. The highest BCUT2D eigenvalue weighted by atomic mass is 19.1. The van der Waals surface area contributed by atoms with Gasteiger partial charge in [-0.2, -0.15) is 0 Å². The summed E-state index contributed by atoms with van der Waals surface area (Å²) < 4.78 is 13.5. The maximum Gasteiger partial charge on any atom is 0.251 e. The topological polar surface area (TPSA) is 70.2 Å².